The third-order valence-corrected chi connectivity index (χ3v) is 4.16. The van der Waals surface area contributed by atoms with Crippen molar-refractivity contribution in [3.05, 3.63) is 29.8 Å². The highest BCUT2D eigenvalue weighted by atomic mass is 32.2. The molecule has 0 amide bonds. The van der Waals surface area contributed by atoms with Gasteiger partial charge in [-0.15, -0.1) is 0 Å². The van der Waals surface area contributed by atoms with E-state index in [0.29, 0.717) is 12.1 Å². The lowest BCUT2D eigenvalue weighted by Crippen LogP contribution is -2.37. The molecular weight excluding hydrogens is 252 g/mol. The maximum absolute atomic E-state index is 12.2. The lowest BCUT2D eigenvalue weighted by atomic mass is 10.2. The number of nitrogens with one attached hydrogen (secondary N) is 2. The Balaban J connectivity index is 2.90. The fourth-order valence-corrected chi connectivity index (χ4v) is 2.81. The number of hydrogen-bond donors (Lipinski definition) is 2. The topological polar surface area (TPSA) is 67.4 Å². The third-order valence-electron chi connectivity index (χ3n) is 2.63. The summed E-state index contributed by atoms with van der Waals surface area (Å²) in [4.78, 5) is 0.273. The summed E-state index contributed by atoms with van der Waals surface area (Å²) >= 11 is 0. The maximum atomic E-state index is 12.2. The van der Waals surface area contributed by atoms with E-state index in [0.717, 1.165) is 0 Å². The molecule has 1 atom stereocenters. The van der Waals surface area contributed by atoms with Gasteiger partial charge in [0, 0.05) is 19.7 Å². The normalized spacial score (nSPS) is 13.5. The van der Waals surface area contributed by atoms with Gasteiger partial charge in [0.15, 0.2) is 0 Å². The summed E-state index contributed by atoms with van der Waals surface area (Å²) < 4.78 is 31.9. The number of likely N-dealkylation sites (N-methyl/N-ethyl adjacent to an activating group) is 1. The first-order valence-corrected chi connectivity index (χ1v) is 7.23. The van der Waals surface area contributed by atoms with Crippen LogP contribution in [0.1, 0.15) is 12.5 Å². The average Bonchev–Trinajstić information content (AvgIpc) is 2.37. The number of rotatable bonds is 7. The molecule has 0 aliphatic rings. The minimum Gasteiger partial charge on any atom is -0.380 e. The van der Waals surface area contributed by atoms with Crippen molar-refractivity contribution in [2.75, 3.05) is 20.7 Å². The van der Waals surface area contributed by atoms with Gasteiger partial charge in [-0.1, -0.05) is 18.2 Å². The molecule has 6 heteroatoms. The molecule has 0 heterocycles. The standard InChI is InChI=1S/C12H20N2O3S/c1-10(13-2)8-14-18(15,16)12-7-5-4-6-11(12)9-17-3/h4-7,10,13-14H,8-9H2,1-3H3. The van der Waals surface area contributed by atoms with E-state index in [9.17, 15) is 8.42 Å². The number of methoxy groups -OCH3 is 1. The summed E-state index contributed by atoms with van der Waals surface area (Å²) in [6.45, 7) is 2.53. The second-order valence-corrected chi connectivity index (χ2v) is 5.82. The second-order valence-electron chi connectivity index (χ2n) is 4.08. The fourth-order valence-electron chi connectivity index (χ4n) is 1.46. The van der Waals surface area contributed by atoms with Gasteiger partial charge in [0.25, 0.3) is 0 Å². The van der Waals surface area contributed by atoms with Crippen LogP contribution in [-0.4, -0.2) is 35.2 Å². The van der Waals surface area contributed by atoms with Crippen LogP contribution in [0.5, 0.6) is 0 Å². The third kappa shape index (κ3) is 4.06. The highest BCUT2D eigenvalue weighted by Gasteiger charge is 2.18. The van der Waals surface area contributed by atoms with Crippen LogP contribution in [0.15, 0.2) is 29.2 Å². The molecular formula is C12H20N2O3S. The second kappa shape index (κ2) is 6.84. The van der Waals surface area contributed by atoms with E-state index in [2.05, 4.69) is 10.0 Å². The molecule has 0 bridgehead atoms. The van der Waals surface area contributed by atoms with Crippen LogP contribution in [-0.2, 0) is 21.4 Å². The fraction of sp³-hybridized carbons (Fsp3) is 0.500. The van der Waals surface area contributed by atoms with Crippen molar-refractivity contribution < 1.29 is 13.2 Å². The van der Waals surface area contributed by atoms with E-state index >= 15 is 0 Å². The van der Waals surface area contributed by atoms with Gasteiger partial charge in [-0.2, -0.15) is 0 Å². The van der Waals surface area contributed by atoms with Gasteiger partial charge < -0.3 is 10.1 Å². The van der Waals surface area contributed by atoms with Gasteiger partial charge in [-0.3, -0.25) is 0 Å². The molecule has 1 aromatic carbocycles. The van der Waals surface area contributed by atoms with Gasteiger partial charge in [0.05, 0.1) is 11.5 Å². The predicted molar refractivity (Wildman–Crippen MR) is 70.9 cm³/mol. The molecule has 0 aliphatic heterocycles. The molecule has 1 rings (SSSR count). The van der Waals surface area contributed by atoms with Crippen LogP contribution in [0.25, 0.3) is 0 Å². The van der Waals surface area contributed by atoms with Crippen LogP contribution in [0.3, 0.4) is 0 Å². The van der Waals surface area contributed by atoms with Crippen LogP contribution in [0, 0.1) is 0 Å². The Morgan fingerprint density at radius 2 is 2.00 bits per heavy atom. The monoisotopic (exact) mass is 272 g/mol. The summed E-state index contributed by atoms with van der Waals surface area (Å²) in [5.41, 5.74) is 0.657. The Labute approximate surface area is 109 Å². The van der Waals surface area contributed by atoms with Gasteiger partial charge in [0.2, 0.25) is 10.0 Å². The van der Waals surface area contributed by atoms with E-state index in [4.69, 9.17) is 4.74 Å². The zero-order valence-corrected chi connectivity index (χ0v) is 11.8. The number of ether oxygens (including phenoxy) is 1. The first-order valence-electron chi connectivity index (χ1n) is 5.75. The molecule has 1 aromatic rings. The molecule has 1 unspecified atom stereocenters. The smallest absolute Gasteiger partial charge is 0.240 e. The minimum atomic E-state index is -3.49. The van der Waals surface area contributed by atoms with Crippen LogP contribution >= 0.6 is 0 Å². The summed E-state index contributed by atoms with van der Waals surface area (Å²) in [6.07, 6.45) is 0. The van der Waals surface area contributed by atoms with E-state index in [-0.39, 0.29) is 17.5 Å². The van der Waals surface area contributed by atoms with Crippen LogP contribution < -0.4 is 10.0 Å². The average molecular weight is 272 g/mol. The highest BCUT2D eigenvalue weighted by Crippen LogP contribution is 2.15. The van der Waals surface area contributed by atoms with Crippen molar-refractivity contribution in [3.63, 3.8) is 0 Å². The first kappa shape index (κ1) is 15.1. The van der Waals surface area contributed by atoms with Crippen molar-refractivity contribution in [3.8, 4) is 0 Å². The van der Waals surface area contributed by atoms with Gasteiger partial charge in [-0.25, -0.2) is 13.1 Å². The van der Waals surface area contributed by atoms with Crippen molar-refractivity contribution in [2.45, 2.75) is 24.5 Å². The van der Waals surface area contributed by atoms with E-state index in [1.807, 2.05) is 6.92 Å². The zero-order chi connectivity index (χ0) is 13.6. The Bertz CT molecular complexity index is 474. The lowest BCUT2D eigenvalue weighted by Gasteiger charge is -2.14. The molecule has 0 aliphatic carbocycles. The van der Waals surface area contributed by atoms with Gasteiger partial charge in [0.1, 0.15) is 0 Å². The summed E-state index contributed by atoms with van der Waals surface area (Å²) in [6, 6.07) is 6.91. The Morgan fingerprint density at radius 3 is 2.61 bits per heavy atom. The summed E-state index contributed by atoms with van der Waals surface area (Å²) in [7, 11) is -0.157. The Morgan fingerprint density at radius 1 is 1.33 bits per heavy atom. The van der Waals surface area contributed by atoms with Gasteiger partial charge in [-0.05, 0) is 25.6 Å². The molecule has 0 spiro atoms. The predicted octanol–water partition coefficient (Wildman–Crippen LogP) is 0.719. The maximum Gasteiger partial charge on any atom is 0.240 e. The SMILES string of the molecule is CNC(C)CNS(=O)(=O)c1ccccc1COC. The van der Waals surface area contributed by atoms with Gasteiger partial charge >= 0.3 is 0 Å². The van der Waals surface area contributed by atoms with Crippen molar-refractivity contribution in [2.24, 2.45) is 0 Å². The van der Waals surface area contributed by atoms with Crippen molar-refractivity contribution >= 4 is 10.0 Å². The van der Waals surface area contributed by atoms with E-state index in [1.54, 1.807) is 38.4 Å². The quantitative estimate of drug-likeness (QED) is 0.767. The molecule has 5 nitrogen and oxygen atoms in total. The molecule has 0 saturated heterocycles. The molecule has 18 heavy (non-hydrogen) atoms. The Hall–Kier alpha value is -0.950. The van der Waals surface area contributed by atoms with E-state index < -0.39 is 10.0 Å². The molecule has 0 radical (unpaired) electrons. The number of hydrogen-bond acceptors (Lipinski definition) is 4. The van der Waals surface area contributed by atoms with Crippen LogP contribution in [0.2, 0.25) is 0 Å². The summed E-state index contributed by atoms with van der Waals surface area (Å²) in [5, 5.41) is 2.98. The van der Waals surface area contributed by atoms with Crippen molar-refractivity contribution in [1.29, 1.82) is 0 Å². The number of sulfonamides is 1. The molecule has 102 valence electrons. The largest absolute Gasteiger partial charge is 0.380 e. The van der Waals surface area contributed by atoms with Crippen molar-refractivity contribution in [1.82, 2.24) is 10.0 Å². The molecule has 0 fully saturated rings. The molecule has 0 saturated carbocycles. The first-order chi connectivity index (χ1) is 8.51. The summed E-state index contributed by atoms with van der Waals surface area (Å²) in [5.74, 6) is 0. The highest BCUT2D eigenvalue weighted by molar-refractivity contribution is 7.89. The van der Waals surface area contributed by atoms with E-state index in [1.165, 1.54) is 0 Å². The minimum absolute atomic E-state index is 0.0781. The number of benzene rings is 1. The molecule has 2 N–H and O–H groups in total. The zero-order valence-electron chi connectivity index (χ0n) is 10.9. The molecule has 0 aromatic heterocycles. The Kier molecular flexibility index (Phi) is 5.74. The lowest BCUT2D eigenvalue weighted by molar-refractivity contribution is 0.182. The van der Waals surface area contributed by atoms with Crippen LogP contribution in [0.4, 0.5) is 0 Å².